The molecule has 118 valence electrons. The van der Waals surface area contributed by atoms with Gasteiger partial charge in [0.2, 0.25) is 10.0 Å². The fourth-order valence-electron chi connectivity index (χ4n) is 3.22. The molecule has 1 aliphatic rings. The predicted molar refractivity (Wildman–Crippen MR) is 91.9 cm³/mol. The highest BCUT2D eigenvalue weighted by molar-refractivity contribution is 7.90. The summed E-state index contributed by atoms with van der Waals surface area (Å²) in [5.74, 6) is 0. The van der Waals surface area contributed by atoms with Gasteiger partial charge in [-0.25, -0.2) is 13.1 Å². The third kappa shape index (κ3) is 2.98. The topological polar surface area (TPSA) is 46.2 Å². The zero-order valence-electron chi connectivity index (χ0n) is 13.1. The van der Waals surface area contributed by atoms with Gasteiger partial charge in [-0.05, 0) is 56.4 Å². The summed E-state index contributed by atoms with van der Waals surface area (Å²) in [5.41, 5.74) is 3.41. The lowest BCUT2D eigenvalue weighted by Gasteiger charge is -2.18. The molecule has 1 aromatic heterocycles. The molecular formula is C17H21NO2S2. The normalized spacial score (nSPS) is 16.7. The van der Waals surface area contributed by atoms with Crippen LogP contribution in [-0.2, 0) is 22.9 Å². The van der Waals surface area contributed by atoms with E-state index in [1.807, 2.05) is 38.1 Å². The Bertz CT molecular complexity index is 768. The van der Waals surface area contributed by atoms with Crippen LogP contribution in [-0.4, -0.2) is 13.7 Å². The second kappa shape index (κ2) is 5.80. The summed E-state index contributed by atoms with van der Waals surface area (Å²) >= 11 is 1.71. The first kappa shape index (κ1) is 15.7. The highest BCUT2D eigenvalue weighted by atomic mass is 32.2. The highest BCUT2D eigenvalue weighted by Crippen LogP contribution is 2.29. The van der Waals surface area contributed by atoms with Crippen molar-refractivity contribution in [1.29, 1.82) is 0 Å². The molecule has 1 aliphatic carbocycles. The molecule has 5 heteroatoms. The quantitative estimate of drug-likeness (QED) is 0.929. The van der Waals surface area contributed by atoms with Crippen molar-refractivity contribution in [2.24, 2.45) is 0 Å². The van der Waals surface area contributed by atoms with Crippen LogP contribution in [0.1, 0.15) is 39.4 Å². The smallest absolute Gasteiger partial charge is 0.212 e. The summed E-state index contributed by atoms with van der Waals surface area (Å²) in [4.78, 5) is 2.40. The van der Waals surface area contributed by atoms with Crippen LogP contribution in [0.5, 0.6) is 0 Å². The van der Waals surface area contributed by atoms with E-state index in [1.54, 1.807) is 11.3 Å². The second-order valence-electron chi connectivity index (χ2n) is 6.05. The largest absolute Gasteiger partial charge is 0.215 e. The number of nitrogens with one attached hydrogen (secondary N) is 1. The van der Waals surface area contributed by atoms with Crippen LogP contribution < -0.4 is 4.72 Å². The van der Waals surface area contributed by atoms with Gasteiger partial charge < -0.3 is 0 Å². The molecule has 0 amide bonds. The predicted octanol–water partition coefficient (Wildman–Crippen LogP) is 3.51. The van der Waals surface area contributed by atoms with Crippen molar-refractivity contribution in [1.82, 2.24) is 4.72 Å². The lowest BCUT2D eigenvalue weighted by atomic mass is 10.1. The van der Waals surface area contributed by atoms with E-state index in [0.717, 1.165) is 16.7 Å². The Kier molecular flexibility index (Phi) is 4.14. The van der Waals surface area contributed by atoms with Crippen molar-refractivity contribution in [3.63, 3.8) is 0 Å². The van der Waals surface area contributed by atoms with Crippen molar-refractivity contribution < 1.29 is 8.42 Å². The number of sulfonamides is 1. The van der Waals surface area contributed by atoms with Gasteiger partial charge in [-0.3, -0.25) is 0 Å². The van der Waals surface area contributed by atoms with Crippen LogP contribution in [0.25, 0.3) is 0 Å². The molecule has 1 heterocycles. The van der Waals surface area contributed by atoms with Crippen LogP contribution in [0.2, 0.25) is 0 Å². The number of benzene rings is 1. The first-order valence-corrected chi connectivity index (χ1v) is 9.88. The molecule has 3 nitrogen and oxygen atoms in total. The first-order valence-electron chi connectivity index (χ1n) is 7.51. The molecular weight excluding hydrogens is 314 g/mol. The average Bonchev–Trinajstić information content (AvgIpc) is 3.01. The minimum absolute atomic E-state index is 0.182. The second-order valence-corrected chi connectivity index (χ2v) is 9.50. The molecule has 2 aromatic rings. The van der Waals surface area contributed by atoms with E-state index in [-0.39, 0.29) is 11.3 Å². The van der Waals surface area contributed by atoms with E-state index in [4.69, 9.17) is 0 Å². The van der Waals surface area contributed by atoms with Crippen molar-refractivity contribution in [3.05, 3.63) is 56.8 Å². The maximum absolute atomic E-state index is 12.7. The highest BCUT2D eigenvalue weighted by Gasteiger charge is 2.33. The van der Waals surface area contributed by atoms with Crippen molar-refractivity contribution >= 4 is 21.4 Å². The average molecular weight is 335 g/mol. The fraction of sp³-hybridized carbons (Fsp3) is 0.412. The third-order valence-corrected chi connectivity index (χ3v) is 7.21. The summed E-state index contributed by atoms with van der Waals surface area (Å²) in [6.07, 6.45) is 1.22. The lowest BCUT2D eigenvalue weighted by Crippen LogP contribution is -2.36. The van der Waals surface area contributed by atoms with Crippen LogP contribution in [0, 0.1) is 13.8 Å². The Morgan fingerprint density at radius 2 is 1.77 bits per heavy atom. The van der Waals surface area contributed by atoms with Crippen LogP contribution in [0.4, 0.5) is 0 Å². The zero-order valence-corrected chi connectivity index (χ0v) is 14.7. The van der Waals surface area contributed by atoms with Crippen molar-refractivity contribution in [2.45, 2.75) is 44.9 Å². The maximum atomic E-state index is 12.7. The Labute approximate surface area is 136 Å². The lowest BCUT2D eigenvalue weighted by molar-refractivity contribution is 0.551. The Balaban J connectivity index is 1.76. The molecule has 0 saturated heterocycles. The molecule has 1 atom stereocenters. The van der Waals surface area contributed by atoms with E-state index in [9.17, 15) is 8.42 Å². The molecule has 0 unspecified atom stereocenters. The standard InChI is InChI=1S/C17H21NO2S2/c1-11-8-17(13(3)21-11)12(2)18-22(19,20)16-9-14-6-4-5-7-15(14)10-16/h4-8,12,16,18H,9-10H2,1-3H3/t12-/m0/s1. The van der Waals surface area contributed by atoms with Gasteiger partial charge in [-0.1, -0.05) is 24.3 Å². The van der Waals surface area contributed by atoms with Gasteiger partial charge in [0.15, 0.2) is 0 Å². The Hall–Kier alpha value is -1.17. The third-order valence-electron chi connectivity index (χ3n) is 4.34. The summed E-state index contributed by atoms with van der Waals surface area (Å²) < 4.78 is 28.3. The summed E-state index contributed by atoms with van der Waals surface area (Å²) in [5, 5.41) is -0.354. The number of hydrogen-bond donors (Lipinski definition) is 1. The van der Waals surface area contributed by atoms with Gasteiger partial charge >= 0.3 is 0 Å². The molecule has 0 bridgehead atoms. The molecule has 0 fully saturated rings. The zero-order chi connectivity index (χ0) is 15.9. The monoisotopic (exact) mass is 335 g/mol. The first-order chi connectivity index (χ1) is 10.4. The van der Waals surface area contributed by atoms with Gasteiger partial charge in [0.25, 0.3) is 0 Å². The summed E-state index contributed by atoms with van der Waals surface area (Å²) in [7, 11) is -3.33. The minimum Gasteiger partial charge on any atom is -0.212 e. The van der Waals surface area contributed by atoms with E-state index in [2.05, 4.69) is 17.7 Å². The number of aryl methyl sites for hydroxylation is 2. The van der Waals surface area contributed by atoms with E-state index in [0.29, 0.717) is 12.8 Å². The number of fused-ring (bicyclic) bond motifs is 1. The molecule has 0 aliphatic heterocycles. The van der Waals surface area contributed by atoms with Gasteiger partial charge in [0.1, 0.15) is 0 Å². The maximum Gasteiger partial charge on any atom is 0.215 e. The van der Waals surface area contributed by atoms with E-state index in [1.165, 1.54) is 9.75 Å². The molecule has 0 spiro atoms. The molecule has 0 radical (unpaired) electrons. The van der Waals surface area contributed by atoms with Crippen LogP contribution >= 0.6 is 11.3 Å². The Morgan fingerprint density at radius 1 is 1.18 bits per heavy atom. The number of thiophene rings is 1. The number of hydrogen-bond acceptors (Lipinski definition) is 3. The molecule has 1 aromatic carbocycles. The fourth-order valence-corrected chi connectivity index (χ4v) is 5.86. The molecule has 0 saturated carbocycles. The van der Waals surface area contributed by atoms with Crippen molar-refractivity contribution in [2.75, 3.05) is 0 Å². The van der Waals surface area contributed by atoms with Crippen LogP contribution in [0.15, 0.2) is 30.3 Å². The molecule has 22 heavy (non-hydrogen) atoms. The Morgan fingerprint density at radius 3 is 2.27 bits per heavy atom. The molecule has 1 N–H and O–H groups in total. The van der Waals surface area contributed by atoms with Crippen LogP contribution in [0.3, 0.4) is 0 Å². The SMILES string of the molecule is Cc1cc([C@H](C)NS(=O)(=O)C2Cc3ccccc3C2)c(C)s1. The summed E-state index contributed by atoms with van der Waals surface area (Å²) in [6.45, 7) is 6.02. The van der Waals surface area contributed by atoms with Gasteiger partial charge in [0.05, 0.1) is 5.25 Å². The van der Waals surface area contributed by atoms with Gasteiger partial charge in [-0.15, -0.1) is 11.3 Å². The minimum atomic E-state index is -3.33. The van der Waals surface area contributed by atoms with Gasteiger partial charge in [-0.2, -0.15) is 0 Å². The molecule has 3 rings (SSSR count). The number of rotatable bonds is 4. The summed E-state index contributed by atoms with van der Waals surface area (Å²) in [6, 6.07) is 9.90. The van der Waals surface area contributed by atoms with Crippen molar-refractivity contribution in [3.8, 4) is 0 Å². The van der Waals surface area contributed by atoms with E-state index >= 15 is 0 Å². The van der Waals surface area contributed by atoms with Gasteiger partial charge in [0, 0.05) is 15.8 Å². The van der Waals surface area contributed by atoms with E-state index < -0.39 is 10.0 Å².